The highest BCUT2D eigenvalue weighted by atomic mass is 32.1. The van der Waals surface area contributed by atoms with E-state index in [0.29, 0.717) is 13.2 Å². The Bertz CT molecular complexity index is 1030. The lowest BCUT2D eigenvalue weighted by molar-refractivity contribution is 0.306. The summed E-state index contributed by atoms with van der Waals surface area (Å²) in [7, 11) is 0. The SMILES string of the molecule is O=c1sc2ccccc2n1Cc1ccc(OCc2ccccc2)cc1. The van der Waals surface area contributed by atoms with E-state index in [9.17, 15) is 4.79 Å². The van der Waals surface area contributed by atoms with Crippen LogP contribution in [0.2, 0.25) is 0 Å². The van der Waals surface area contributed by atoms with E-state index in [2.05, 4.69) is 0 Å². The molecule has 124 valence electrons. The molecular weight excluding hydrogens is 330 g/mol. The summed E-state index contributed by atoms with van der Waals surface area (Å²) in [5.74, 6) is 0.829. The Labute approximate surface area is 149 Å². The van der Waals surface area contributed by atoms with Crippen LogP contribution in [-0.4, -0.2) is 4.57 Å². The van der Waals surface area contributed by atoms with Crippen LogP contribution in [0.1, 0.15) is 11.1 Å². The maximum Gasteiger partial charge on any atom is 0.308 e. The van der Waals surface area contributed by atoms with E-state index in [4.69, 9.17) is 4.74 Å². The van der Waals surface area contributed by atoms with Crippen LogP contribution in [0.3, 0.4) is 0 Å². The standard InChI is InChI=1S/C21H17NO2S/c23-21-22(19-8-4-5-9-20(19)25-21)14-16-10-12-18(13-11-16)24-15-17-6-2-1-3-7-17/h1-13H,14-15H2. The Hall–Kier alpha value is -2.85. The number of fused-ring (bicyclic) bond motifs is 1. The molecule has 4 aromatic rings. The number of benzene rings is 3. The summed E-state index contributed by atoms with van der Waals surface area (Å²) in [5.41, 5.74) is 3.21. The molecule has 0 atom stereocenters. The Morgan fingerprint density at radius 3 is 2.32 bits per heavy atom. The third-order valence-electron chi connectivity index (χ3n) is 4.09. The number of hydrogen-bond donors (Lipinski definition) is 0. The minimum atomic E-state index is 0.0746. The van der Waals surface area contributed by atoms with Gasteiger partial charge in [-0.15, -0.1) is 0 Å². The monoisotopic (exact) mass is 347 g/mol. The second-order valence-corrected chi connectivity index (χ2v) is 6.83. The van der Waals surface area contributed by atoms with Crippen molar-refractivity contribution in [1.29, 1.82) is 0 Å². The van der Waals surface area contributed by atoms with Gasteiger partial charge in [0.25, 0.3) is 0 Å². The minimum Gasteiger partial charge on any atom is -0.489 e. The fourth-order valence-electron chi connectivity index (χ4n) is 2.78. The smallest absolute Gasteiger partial charge is 0.308 e. The average Bonchev–Trinajstić information content (AvgIpc) is 2.97. The van der Waals surface area contributed by atoms with E-state index in [-0.39, 0.29) is 4.87 Å². The molecule has 4 rings (SSSR count). The molecule has 1 heterocycles. The average molecular weight is 347 g/mol. The Balaban J connectivity index is 1.48. The van der Waals surface area contributed by atoms with Crippen LogP contribution in [0.25, 0.3) is 10.2 Å². The van der Waals surface area contributed by atoms with Gasteiger partial charge in [-0.05, 0) is 35.4 Å². The topological polar surface area (TPSA) is 31.2 Å². The fraction of sp³-hybridized carbons (Fsp3) is 0.0952. The van der Waals surface area contributed by atoms with Gasteiger partial charge in [0.1, 0.15) is 12.4 Å². The molecule has 0 amide bonds. The number of aromatic nitrogens is 1. The lowest BCUT2D eigenvalue weighted by Crippen LogP contribution is -2.13. The molecule has 0 N–H and O–H groups in total. The summed E-state index contributed by atoms with van der Waals surface area (Å²) >= 11 is 1.29. The van der Waals surface area contributed by atoms with E-state index in [1.807, 2.05) is 83.4 Å². The van der Waals surface area contributed by atoms with Gasteiger partial charge in [0.05, 0.1) is 16.8 Å². The number of ether oxygens (including phenoxy) is 1. The van der Waals surface area contributed by atoms with Crippen molar-refractivity contribution in [2.45, 2.75) is 13.2 Å². The fourth-order valence-corrected chi connectivity index (χ4v) is 3.67. The van der Waals surface area contributed by atoms with Gasteiger partial charge in [0.15, 0.2) is 0 Å². The highest BCUT2D eigenvalue weighted by molar-refractivity contribution is 7.16. The van der Waals surface area contributed by atoms with E-state index in [1.54, 1.807) is 0 Å². The molecule has 0 aliphatic rings. The van der Waals surface area contributed by atoms with Crippen LogP contribution in [-0.2, 0) is 13.2 Å². The lowest BCUT2D eigenvalue weighted by atomic mass is 10.2. The van der Waals surface area contributed by atoms with Crippen LogP contribution in [0, 0.1) is 0 Å². The van der Waals surface area contributed by atoms with E-state index < -0.39 is 0 Å². The van der Waals surface area contributed by atoms with Crippen LogP contribution in [0.5, 0.6) is 5.75 Å². The van der Waals surface area contributed by atoms with Crippen molar-refractivity contribution in [2.75, 3.05) is 0 Å². The van der Waals surface area contributed by atoms with Gasteiger partial charge in [-0.3, -0.25) is 9.36 Å². The van der Waals surface area contributed by atoms with Crippen LogP contribution >= 0.6 is 11.3 Å². The van der Waals surface area contributed by atoms with Gasteiger partial charge in [-0.2, -0.15) is 0 Å². The Kier molecular flexibility index (Phi) is 4.36. The molecular formula is C21H17NO2S. The molecule has 0 aliphatic carbocycles. The second-order valence-electron chi connectivity index (χ2n) is 5.84. The van der Waals surface area contributed by atoms with Crippen molar-refractivity contribution in [3.05, 3.63) is 99.7 Å². The number of nitrogens with zero attached hydrogens (tertiary/aromatic N) is 1. The van der Waals surface area contributed by atoms with Crippen molar-refractivity contribution in [3.8, 4) is 5.75 Å². The Morgan fingerprint density at radius 2 is 1.52 bits per heavy atom. The lowest BCUT2D eigenvalue weighted by Gasteiger charge is -2.08. The largest absolute Gasteiger partial charge is 0.489 e. The molecule has 3 nitrogen and oxygen atoms in total. The van der Waals surface area contributed by atoms with Gasteiger partial charge >= 0.3 is 4.87 Å². The van der Waals surface area contributed by atoms with Crippen LogP contribution < -0.4 is 9.61 Å². The van der Waals surface area contributed by atoms with Gasteiger partial charge < -0.3 is 4.74 Å². The predicted octanol–water partition coefficient (Wildman–Crippen LogP) is 4.69. The molecule has 0 fully saturated rings. The summed E-state index contributed by atoms with van der Waals surface area (Å²) in [6, 6.07) is 25.9. The van der Waals surface area contributed by atoms with Crippen LogP contribution in [0.4, 0.5) is 0 Å². The molecule has 0 saturated heterocycles. The molecule has 3 aromatic carbocycles. The van der Waals surface area contributed by atoms with Crippen molar-refractivity contribution >= 4 is 21.6 Å². The summed E-state index contributed by atoms with van der Waals surface area (Å²) in [6.45, 7) is 1.12. The van der Waals surface area contributed by atoms with E-state index in [1.165, 1.54) is 11.3 Å². The second kappa shape index (κ2) is 6.95. The summed E-state index contributed by atoms with van der Waals surface area (Å²) in [4.78, 5) is 12.3. The van der Waals surface area contributed by atoms with E-state index >= 15 is 0 Å². The molecule has 0 bridgehead atoms. The predicted molar refractivity (Wildman–Crippen MR) is 102 cm³/mol. The number of para-hydroxylation sites is 1. The number of hydrogen-bond acceptors (Lipinski definition) is 3. The zero-order chi connectivity index (χ0) is 17.1. The minimum absolute atomic E-state index is 0.0746. The van der Waals surface area contributed by atoms with Crippen molar-refractivity contribution in [3.63, 3.8) is 0 Å². The molecule has 25 heavy (non-hydrogen) atoms. The first-order valence-corrected chi connectivity index (χ1v) is 8.95. The summed E-state index contributed by atoms with van der Waals surface area (Å²) < 4.78 is 8.65. The van der Waals surface area contributed by atoms with Crippen molar-refractivity contribution < 1.29 is 4.74 Å². The molecule has 4 heteroatoms. The molecule has 0 saturated carbocycles. The maximum absolute atomic E-state index is 12.2. The molecule has 1 aromatic heterocycles. The molecule has 0 aliphatic heterocycles. The zero-order valence-corrected chi connectivity index (χ0v) is 14.4. The van der Waals surface area contributed by atoms with Gasteiger partial charge in [-0.25, -0.2) is 0 Å². The highest BCUT2D eigenvalue weighted by Crippen LogP contribution is 2.19. The van der Waals surface area contributed by atoms with Crippen LogP contribution in [0.15, 0.2) is 83.7 Å². The molecule has 0 unspecified atom stereocenters. The quantitative estimate of drug-likeness (QED) is 0.524. The third kappa shape index (κ3) is 3.49. The number of thiazole rings is 1. The summed E-state index contributed by atoms with van der Waals surface area (Å²) in [6.07, 6.45) is 0. The first-order chi connectivity index (χ1) is 12.3. The maximum atomic E-state index is 12.2. The van der Waals surface area contributed by atoms with Gasteiger partial charge in [0, 0.05) is 0 Å². The normalized spacial score (nSPS) is 10.9. The van der Waals surface area contributed by atoms with Gasteiger partial charge in [0.2, 0.25) is 0 Å². The third-order valence-corrected chi connectivity index (χ3v) is 5.05. The molecule has 0 spiro atoms. The van der Waals surface area contributed by atoms with Crippen molar-refractivity contribution in [1.82, 2.24) is 4.57 Å². The number of rotatable bonds is 5. The molecule has 0 radical (unpaired) electrons. The van der Waals surface area contributed by atoms with E-state index in [0.717, 1.165) is 27.1 Å². The zero-order valence-electron chi connectivity index (χ0n) is 13.6. The first kappa shape index (κ1) is 15.7. The van der Waals surface area contributed by atoms with Gasteiger partial charge in [-0.1, -0.05) is 65.9 Å². The summed E-state index contributed by atoms with van der Waals surface area (Å²) in [5, 5.41) is 0. The Morgan fingerprint density at radius 1 is 0.800 bits per heavy atom. The highest BCUT2D eigenvalue weighted by Gasteiger charge is 2.07. The first-order valence-electron chi connectivity index (χ1n) is 8.14. The van der Waals surface area contributed by atoms with Crippen molar-refractivity contribution in [2.24, 2.45) is 0 Å².